The van der Waals surface area contributed by atoms with E-state index >= 15 is 0 Å². The van der Waals surface area contributed by atoms with Crippen molar-refractivity contribution in [2.45, 2.75) is 39.2 Å². The summed E-state index contributed by atoms with van der Waals surface area (Å²) in [4.78, 5) is 22.1. The topological polar surface area (TPSA) is 67.4 Å². The monoisotopic (exact) mass is 236 g/mol. The third-order valence-electron chi connectivity index (χ3n) is 1.24. The van der Waals surface area contributed by atoms with E-state index in [4.69, 9.17) is 16.3 Å². The summed E-state index contributed by atoms with van der Waals surface area (Å²) in [6, 6.07) is 0. The van der Waals surface area contributed by atoms with Crippen molar-refractivity contribution in [1.82, 2.24) is 10.9 Å². The molecule has 0 heterocycles. The molecule has 0 fully saturated rings. The summed E-state index contributed by atoms with van der Waals surface area (Å²) < 4.78 is 4.90. The van der Waals surface area contributed by atoms with E-state index in [9.17, 15) is 9.59 Å². The zero-order chi connectivity index (χ0) is 11.9. The van der Waals surface area contributed by atoms with E-state index in [1.54, 1.807) is 20.8 Å². The number of halogens is 1. The molecule has 0 saturated carbocycles. The third kappa shape index (κ3) is 9.34. The van der Waals surface area contributed by atoms with Crippen LogP contribution in [0.2, 0.25) is 0 Å². The highest BCUT2D eigenvalue weighted by atomic mass is 35.5. The molecule has 15 heavy (non-hydrogen) atoms. The number of ether oxygens (including phenoxy) is 1. The highest BCUT2D eigenvalue weighted by molar-refractivity contribution is 6.17. The molecule has 88 valence electrons. The fourth-order valence-electron chi connectivity index (χ4n) is 0.714. The molecule has 0 aromatic rings. The maximum atomic E-state index is 11.1. The van der Waals surface area contributed by atoms with Crippen LogP contribution in [0.3, 0.4) is 0 Å². The Morgan fingerprint density at radius 2 is 1.87 bits per heavy atom. The molecule has 0 aromatic heterocycles. The Balaban J connectivity index is 3.67. The summed E-state index contributed by atoms with van der Waals surface area (Å²) >= 11 is 5.40. The van der Waals surface area contributed by atoms with Crippen molar-refractivity contribution < 1.29 is 14.3 Å². The van der Waals surface area contributed by atoms with E-state index in [1.165, 1.54) is 0 Å². The van der Waals surface area contributed by atoms with E-state index < -0.39 is 11.7 Å². The van der Waals surface area contributed by atoms with Gasteiger partial charge in [0.2, 0.25) is 5.91 Å². The number of hydrazine groups is 1. The maximum Gasteiger partial charge on any atom is 0.426 e. The van der Waals surface area contributed by atoms with Crippen LogP contribution in [0.1, 0.15) is 33.6 Å². The summed E-state index contributed by atoms with van der Waals surface area (Å²) in [5.41, 5.74) is 3.78. The second-order valence-electron chi connectivity index (χ2n) is 3.97. The molecule has 0 aromatic carbocycles. The van der Waals surface area contributed by atoms with Crippen LogP contribution in [0.25, 0.3) is 0 Å². The van der Waals surface area contributed by atoms with Crippen molar-refractivity contribution in [3.8, 4) is 0 Å². The number of nitrogens with one attached hydrogen (secondary N) is 2. The van der Waals surface area contributed by atoms with Crippen LogP contribution in [-0.2, 0) is 9.53 Å². The average molecular weight is 237 g/mol. The normalized spacial score (nSPS) is 10.7. The van der Waals surface area contributed by atoms with Crippen LogP contribution in [0.4, 0.5) is 4.79 Å². The van der Waals surface area contributed by atoms with Gasteiger partial charge in [-0.3, -0.25) is 10.2 Å². The van der Waals surface area contributed by atoms with E-state index in [1.807, 2.05) is 0 Å². The predicted octanol–water partition coefficient (Wildman–Crippen LogP) is 1.56. The molecule has 0 aliphatic carbocycles. The zero-order valence-corrected chi connectivity index (χ0v) is 9.98. The lowest BCUT2D eigenvalue weighted by atomic mass is 10.2. The molecule has 6 heteroatoms. The number of rotatable bonds is 3. The largest absolute Gasteiger partial charge is 0.443 e. The van der Waals surface area contributed by atoms with Crippen molar-refractivity contribution in [1.29, 1.82) is 0 Å². The van der Waals surface area contributed by atoms with E-state index in [2.05, 4.69) is 10.9 Å². The quantitative estimate of drug-likeness (QED) is 0.577. The summed E-state index contributed by atoms with van der Waals surface area (Å²) in [5.74, 6) is 0.126. The van der Waals surface area contributed by atoms with Crippen LogP contribution in [0.5, 0.6) is 0 Å². The zero-order valence-electron chi connectivity index (χ0n) is 9.22. The lowest BCUT2D eigenvalue weighted by Crippen LogP contribution is -2.44. The Morgan fingerprint density at radius 3 is 2.33 bits per heavy atom. The summed E-state index contributed by atoms with van der Waals surface area (Å²) in [5, 5.41) is 0. The summed E-state index contributed by atoms with van der Waals surface area (Å²) in [6.07, 6.45) is 0.171. The number of alkyl halides is 1. The average Bonchev–Trinajstić information content (AvgIpc) is 2.08. The molecule has 2 N–H and O–H groups in total. The number of hydrogen-bond donors (Lipinski definition) is 2. The first-order valence-corrected chi connectivity index (χ1v) is 5.22. The van der Waals surface area contributed by atoms with Gasteiger partial charge in [0.15, 0.2) is 0 Å². The molecule has 0 bridgehead atoms. The van der Waals surface area contributed by atoms with Crippen LogP contribution in [0.15, 0.2) is 0 Å². The first-order chi connectivity index (χ1) is 6.85. The van der Waals surface area contributed by atoms with E-state index in [0.717, 1.165) is 0 Å². The van der Waals surface area contributed by atoms with Gasteiger partial charge in [0, 0.05) is 12.3 Å². The van der Waals surface area contributed by atoms with Crippen LogP contribution < -0.4 is 10.9 Å². The van der Waals surface area contributed by atoms with Crippen molar-refractivity contribution in [3.05, 3.63) is 0 Å². The van der Waals surface area contributed by atoms with Crippen molar-refractivity contribution in [3.63, 3.8) is 0 Å². The molecule has 0 radical (unpaired) electrons. The number of carbonyl (C=O) groups excluding carboxylic acids is 2. The molecular weight excluding hydrogens is 220 g/mol. The molecule has 0 spiro atoms. The molecule has 0 unspecified atom stereocenters. The Hall–Kier alpha value is -0.970. The standard InChI is InChI=1S/C9H17ClN2O3/c1-9(2,3)15-8(14)12-11-7(13)5-4-6-10/h4-6H2,1-3H3,(H,11,13)(H,12,14). The molecule has 0 aliphatic heterocycles. The molecule has 0 aliphatic rings. The van der Waals surface area contributed by atoms with Crippen molar-refractivity contribution >= 4 is 23.6 Å². The highest BCUT2D eigenvalue weighted by Gasteiger charge is 2.16. The van der Waals surface area contributed by atoms with Gasteiger partial charge in [-0.1, -0.05) is 0 Å². The lowest BCUT2D eigenvalue weighted by molar-refractivity contribution is -0.122. The van der Waals surface area contributed by atoms with Gasteiger partial charge >= 0.3 is 6.09 Å². The highest BCUT2D eigenvalue weighted by Crippen LogP contribution is 2.05. The Labute approximate surface area is 94.5 Å². The minimum Gasteiger partial charge on any atom is -0.443 e. The number of carbonyl (C=O) groups is 2. The van der Waals surface area contributed by atoms with Gasteiger partial charge < -0.3 is 4.74 Å². The first-order valence-electron chi connectivity index (χ1n) is 4.69. The van der Waals surface area contributed by atoms with Gasteiger partial charge in [0.1, 0.15) is 5.60 Å². The summed E-state index contributed by atoms with van der Waals surface area (Å²) in [7, 11) is 0. The third-order valence-corrected chi connectivity index (χ3v) is 1.51. The molecule has 5 nitrogen and oxygen atoms in total. The fourth-order valence-corrected chi connectivity index (χ4v) is 0.848. The van der Waals surface area contributed by atoms with Crippen LogP contribution >= 0.6 is 11.6 Å². The van der Waals surface area contributed by atoms with E-state index in [0.29, 0.717) is 12.3 Å². The van der Waals surface area contributed by atoms with Gasteiger partial charge in [0.25, 0.3) is 0 Å². The smallest absolute Gasteiger partial charge is 0.426 e. The number of amides is 2. The minimum absolute atomic E-state index is 0.277. The van der Waals surface area contributed by atoms with Gasteiger partial charge in [0.05, 0.1) is 0 Å². The Kier molecular flexibility index (Phi) is 6.08. The Bertz CT molecular complexity index is 226. The molecule has 0 saturated heterocycles. The van der Waals surface area contributed by atoms with Gasteiger partial charge in [-0.25, -0.2) is 10.2 Å². The van der Waals surface area contributed by atoms with Gasteiger partial charge in [-0.15, -0.1) is 11.6 Å². The second kappa shape index (κ2) is 6.50. The van der Waals surface area contributed by atoms with E-state index in [-0.39, 0.29) is 12.3 Å². The minimum atomic E-state index is -0.679. The molecule has 2 amide bonds. The summed E-state index contributed by atoms with van der Waals surface area (Å²) in [6.45, 7) is 5.21. The SMILES string of the molecule is CC(C)(C)OC(=O)NNC(=O)CCCCl. The molecular formula is C9H17ClN2O3. The van der Waals surface area contributed by atoms with Crippen molar-refractivity contribution in [2.75, 3.05) is 5.88 Å². The first kappa shape index (κ1) is 14.0. The van der Waals surface area contributed by atoms with Crippen molar-refractivity contribution in [2.24, 2.45) is 0 Å². The Morgan fingerprint density at radius 1 is 1.27 bits per heavy atom. The lowest BCUT2D eigenvalue weighted by Gasteiger charge is -2.19. The second-order valence-corrected chi connectivity index (χ2v) is 4.35. The van der Waals surface area contributed by atoms with Crippen LogP contribution in [0, 0.1) is 0 Å². The fraction of sp³-hybridized carbons (Fsp3) is 0.778. The molecule has 0 atom stereocenters. The van der Waals surface area contributed by atoms with Gasteiger partial charge in [-0.05, 0) is 27.2 Å². The maximum absolute atomic E-state index is 11.1. The van der Waals surface area contributed by atoms with Crippen LogP contribution in [-0.4, -0.2) is 23.5 Å². The van der Waals surface area contributed by atoms with Gasteiger partial charge in [-0.2, -0.15) is 0 Å². The molecule has 0 rings (SSSR count). The predicted molar refractivity (Wildman–Crippen MR) is 57.5 cm³/mol. The number of hydrogen-bond acceptors (Lipinski definition) is 3.